The Morgan fingerprint density at radius 1 is 1.23 bits per heavy atom. The Hall–Kier alpha value is -1.93. The number of nitrogens with one attached hydrogen (secondary N) is 2. The van der Waals surface area contributed by atoms with Crippen LogP contribution in [-0.2, 0) is 11.3 Å². The highest BCUT2D eigenvalue weighted by Crippen LogP contribution is 2.14. The number of carbonyl (C=O) groups excluding carboxylic acids is 1. The summed E-state index contributed by atoms with van der Waals surface area (Å²) in [4.78, 5) is 14.2. The standard InChI is InChI=1S/C18H27F2N3O3/c1-13-11-23(12-14(2)25-13)9-3-8-21-18(24)22-10-15-4-6-16(7-5-15)26-17(19)20/h4-7,13-14,17H,3,8-12H2,1-2H3,(H2,21,22,24)/t13-,14-/m0/s1. The Morgan fingerprint density at radius 2 is 1.88 bits per heavy atom. The highest BCUT2D eigenvalue weighted by atomic mass is 19.3. The Balaban J connectivity index is 1.59. The van der Waals surface area contributed by atoms with Gasteiger partial charge in [0.2, 0.25) is 0 Å². The molecule has 2 N–H and O–H groups in total. The summed E-state index contributed by atoms with van der Waals surface area (Å²) in [5.41, 5.74) is 0.804. The van der Waals surface area contributed by atoms with Crippen LogP contribution in [0.25, 0.3) is 0 Å². The Bertz CT molecular complexity index is 547. The van der Waals surface area contributed by atoms with E-state index in [2.05, 4.69) is 34.1 Å². The van der Waals surface area contributed by atoms with E-state index >= 15 is 0 Å². The molecule has 1 saturated heterocycles. The molecule has 1 aromatic carbocycles. The first-order chi connectivity index (χ1) is 12.4. The van der Waals surface area contributed by atoms with Gasteiger partial charge in [-0.1, -0.05) is 12.1 Å². The second-order valence-electron chi connectivity index (χ2n) is 6.50. The third-order valence-electron chi connectivity index (χ3n) is 4.03. The largest absolute Gasteiger partial charge is 0.435 e. The molecule has 0 spiro atoms. The van der Waals surface area contributed by atoms with E-state index in [1.807, 2.05) is 0 Å². The van der Waals surface area contributed by atoms with Gasteiger partial charge >= 0.3 is 12.6 Å². The second kappa shape index (κ2) is 10.3. The number of carbonyl (C=O) groups is 1. The molecule has 26 heavy (non-hydrogen) atoms. The smallest absolute Gasteiger partial charge is 0.387 e. The Labute approximate surface area is 152 Å². The van der Waals surface area contributed by atoms with Gasteiger partial charge in [-0.05, 0) is 38.0 Å². The van der Waals surface area contributed by atoms with Crippen LogP contribution in [0.1, 0.15) is 25.8 Å². The summed E-state index contributed by atoms with van der Waals surface area (Å²) in [6, 6.07) is 5.93. The van der Waals surface area contributed by atoms with E-state index in [4.69, 9.17) is 4.74 Å². The number of amides is 2. The van der Waals surface area contributed by atoms with E-state index in [0.717, 1.165) is 31.6 Å². The van der Waals surface area contributed by atoms with Crippen molar-refractivity contribution in [2.24, 2.45) is 0 Å². The molecule has 146 valence electrons. The molecule has 2 atom stereocenters. The summed E-state index contributed by atoms with van der Waals surface area (Å²) >= 11 is 0. The highest BCUT2D eigenvalue weighted by molar-refractivity contribution is 5.73. The van der Waals surface area contributed by atoms with Gasteiger partial charge in [-0.25, -0.2) is 4.79 Å². The zero-order valence-corrected chi connectivity index (χ0v) is 15.2. The van der Waals surface area contributed by atoms with Crippen molar-refractivity contribution in [2.45, 2.75) is 45.6 Å². The summed E-state index contributed by atoms with van der Waals surface area (Å²) in [6.07, 6.45) is 1.35. The van der Waals surface area contributed by atoms with E-state index < -0.39 is 6.61 Å². The molecule has 0 radical (unpaired) electrons. The molecule has 1 aromatic rings. The number of halogens is 2. The molecule has 6 nitrogen and oxygen atoms in total. The molecule has 0 bridgehead atoms. The Kier molecular flexibility index (Phi) is 8.06. The van der Waals surface area contributed by atoms with Crippen LogP contribution in [0.3, 0.4) is 0 Å². The molecule has 1 aliphatic rings. The number of ether oxygens (including phenoxy) is 2. The predicted molar refractivity (Wildman–Crippen MR) is 94.4 cm³/mol. The topological polar surface area (TPSA) is 62.8 Å². The van der Waals surface area contributed by atoms with Gasteiger partial charge in [0.05, 0.1) is 12.2 Å². The number of alkyl halides is 2. The number of nitrogens with zero attached hydrogens (tertiary/aromatic N) is 1. The molecular formula is C18H27F2N3O3. The molecule has 2 rings (SSSR count). The van der Waals surface area contributed by atoms with Gasteiger partial charge in [0.25, 0.3) is 0 Å². The maximum absolute atomic E-state index is 12.1. The van der Waals surface area contributed by atoms with Crippen molar-refractivity contribution in [2.75, 3.05) is 26.2 Å². The molecule has 1 aliphatic heterocycles. The number of hydrogen-bond donors (Lipinski definition) is 2. The number of rotatable bonds is 8. The summed E-state index contributed by atoms with van der Waals surface area (Å²) < 4.78 is 34.1. The van der Waals surface area contributed by atoms with Crippen molar-refractivity contribution in [1.82, 2.24) is 15.5 Å². The minimum Gasteiger partial charge on any atom is -0.435 e. The third-order valence-corrected chi connectivity index (χ3v) is 4.03. The van der Waals surface area contributed by atoms with Crippen molar-refractivity contribution in [3.63, 3.8) is 0 Å². The maximum Gasteiger partial charge on any atom is 0.387 e. The normalized spacial score (nSPS) is 20.8. The van der Waals surface area contributed by atoms with Gasteiger partial charge in [0, 0.05) is 32.7 Å². The molecule has 0 aliphatic carbocycles. The van der Waals surface area contributed by atoms with Crippen LogP contribution in [-0.4, -0.2) is 55.9 Å². The average Bonchev–Trinajstić information content (AvgIpc) is 2.57. The van der Waals surface area contributed by atoms with Gasteiger partial charge in [0.15, 0.2) is 0 Å². The maximum atomic E-state index is 12.1. The number of hydrogen-bond acceptors (Lipinski definition) is 4. The van der Waals surface area contributed by atoms with Crippen LogP contribution < -0.4 is 15.4 Å². The van der Waals surface area contributed by atoms with E-state index in [0.29, 0.717) is 13.1 Å². The van der Waals surface area contributed by atoms with Crippen molar-refractivity contribution in [3.05, 3.63) is 29.8 Å². The van der Waals surface area contributed by atoms with E-state index in [1.165, 1.54) is 12.1 Å². The fourth-order valence-electron chi connectivity index (χ4n) is 3.01. The first kappa shape index (κ1) is 20.4. The minimum absolute atomic E-state index is 0.0972. The zero-order valence-electron chi connectivity index (χ0n) is 15.2. The fourth-order valence-corrected chi connectivity index (χ4v) is 3.01. The number of benzene rings is 1. The van der Waals surface area contributed by atoms with Crippen LogP contribution >= 0.6 is 0 Å². The van der Waals surface area contributed by atoms with Gasteiger partial charge in [-0.15, -0.1) is 0 Å². The van der Waals surface area contributed by atoms with Crippen molar-refractivity contribution < 1.29 is 23.0 Å². The van der Waals surface area contributed by atoms with Crippen LogP contribution in [0.4, 0.5) is 13.6 Å². The number of morpholine rings is 1. The van der Waals surface area contributed by atoms with E-state index in [-0.39, 0.29) is 24.0 Å². The van der Waals surface area contributed by atoms with Crippen molar-refractivity contribution in [3.8, 4) is 5.75 Å². The van der Waals surface area contributed by atoms with Crippen LogP contribution in [0.15, 0.2) is 24.3 Å². The van der Waals surface area contributed by atoms with Gasteiger partial charge in [-0.3, -0.25) is 4.90 Å². The summed E-state index contributed by atoms with van der Waals surface area (Å²) in [5.74, 6) is 0.0972. The minimum atomic E-state index is -2.84. The lowest BCUT2D eigenvalue weighted by atomic mass is 10.2. The average molecular weight is 371 g/mol. The van der Waals surface area contributed by atoms with Crippen LogP contribution in [0.5, 0.6) is 5.75 Å². The summed E-state index contributed by atoms with van der Waals surface area (Å²) in [6.45, 7) is 4.97. The molecule has 1 fully saturated rings. The number of urea groups is 1. The molecule has 0 unspecified atom stereocenters. The third kappa shape index (κ3) is 7.53. The first-order valence-electron chi connectivity index (χ1n) is 8.85. The summed E-state index contributed by atoms with van der Waals surface area (Å²) in [7, 11) is 0. The first-order valence-corrected chi connectivity index (χ1v) is 8.85. The summed E-state index contributed by atoms with van der Waals surface area (Å²) in [5, 5.41) is 5.56. The SMILES string of the molecule is C[C@H]1CN(CCCNC(=O)NCc2ccc(OC(F)F)cc2)C[C@H](C)O1. The molecular weight excluding hydrogens is 344 g/mol. The quantitative estimate of drug-likeness (QED) is 0.690. The predicted octanol–water partition coefficient (Wildman–Crippen LogP) is 2.59. The van der Waals surface area contributed by atoms with Crippen LogP contribution in [0, 0.1) is 0 Å². The molecule has 8 heteroatoms. The molecule has 0 aromatic heterocycles. The van der Waals surface area contributed by atoms with E-state index in [1.54, 1.807) is 12.1 Å². The Morgan fingerprint density at radius 3 is 2.50 bits per heavy atom. The lowest BCUT2D eigenvalue weighted by Gasteiger charge is -2.35. The lowest BCUT2D eigenvalue weighted by molar-refractivity contribution is -0.0679. The fraction of sp³-hybridized carbons (Fsp3) is 0.611. The second-order valence-corrected chi connectivity index (χ2v) is 6.50. The lowest BCUT2D eigenvalue weighted by Crippen LogP contribution is -2.46. The van der Waals surface area contributed by atoms with E-state index in [9.17, 15) is 13.6 Å². The van der Waals surface area contributed by atoms with Crippen LogP contribution in [0.2, 0.25) is 0 Å². The molecule has 1 heterocycles. The molecule has 0 saturated carbocycles. The van der Waals surface area contributed by atoms with Gasteiger partial charge in [-0.2, -0.15) is 8.78 Å². The van der Waals surface area contributed by atoms with Crippen molar-refractivity contribution in [1.29, 1.82) is 0 Å². The monoisotopic (exact) mass is 371 g/mol. The zero-order chi connectivity index (χ0) is 18.9. The van der Waals surface area contributed by atoms with Gasteiger partial charge in [0.1, 0.15) is 5.75 Å². The molecule has 2 amide bonds. The highest BCUT2D eigenvalue weighted by Gasteiger charge is 2.21. The van der Waals surface area contributed by atoms with Gasteiger partial charge < -0.3 is 20.1 Å². The van der Waals surface area contributed by atoms with Crippen molar-refractivity contribution >= 4 is 6.03 Å².